The number of benzene rings is 1. The number of nitrogens with one attached hydrogen (secondary N) is 2. The summed E-state index contributed by atoms with van der Waals surface area (Å²) in [6.07, 6.45) is 2.54. The molecule has 21 heavy (non-hydrogen) atoms. The van der Waals surface area contributed by atoms with Crippen LogP contribution in [0.5, 0.6) is 0 Å². The van der Waals surface area contributed by atoms with Gasteiger partial charge in [-0.2, -0.15) is 0 Å². The first-order valence-electron chi connectivity index (χ1n) is 7.13. The highest BCUT2D eigenvalue weighted by Gasteiger charge is 2.20. The molecule has 0 aliphatic heterocycles. The summed E-state index contributed by atoms with van der Waals surface area (Å²) in [6.45, 7) is 3.72. The third-order valence-electron chi connectivity index (χ3n) is 3.36. The summed E-state index contributed by atoms with van der Waals surface area (Å²) in [4.78, 5) is 11.8. The molecule has 1 unspecified atom stereocenters. The molecule has 0 radical (unpaired) electrons. The van der Waals surface area contributed by atoms with Crippen molar-refractivity contribution in [1.29, 1.82) is 0 Å². The normalized spacial score (nSPS) is 15.6. The summed E-state index contributed by atoms with van der Waals surface area (Å²) in [7, 11) is 0. The fraction of sp³-hybridized carbons (Fsp3) is 0.533. The zero-order valence-electron chi connectivity index (χ0n) is 12.0. The second kappa shape index (κ2) is 7.87. The molecule has 2 N–H and O–H groups in total. The van der Waals surface area contributed by atoms with Gasteiger partial charge in [0.05, 0.1) is 12.6 Å². The summed E-state index contributed by atoms with van der Waals surface area (Å²) in [6, 6.07) is 4.81. The Morgan fingerprint density at radius 2 is 2.19 bits per heavy atom. The zero-order chi connectivity index (χ0) is 15.2. The standard InChI is InChI=1S/C15H20Cl2N2O2/c1-10(13-5-4-12(16)8-14(13)17)19-15(20)18-6-7-21-9-11-2-3-11/h4-5,8,10-11H,2-3,6-7,9H2,1H3,(H2,18,19,20). The number of urea groups is 1. The molecule has 1 aromatic rings. The minimum Gasteiger partial charge on any atom is -0.379 e. The molecule has 1 aromatic carbocycles. The van der Waals surface area contributed by atoms with E-state index in [2.05, 4.69) is 10.6 Å². The highest BCUT2D eigenvalue weighted by atomic mass is 35.5. The predicted molar refractivity (Wildman–Crippen MR) is 85.0 cm³/mol. The Balaban J connectivity index is 1.68. The number of carbonyl (C=O) groups is 1. The van der Waals surface area contributed by atoms with Gasteiger partial charge in [-0.25, -0.2) is 4.79 Å². The van der Waals surface area contributed by atoms with Crippen LogP contribution in [0, 0.1) is 5.92 Å². The predicted octanol–water partition coefficient (Wildman–Crippen LogP) is 3.78. The number of amides is 2. The molecule has 1 aliphatic rings. The second-order valence-electron chi connectivity index (χ2n) is 5.31. The van der Waals surface area contributed by atoms with Crippen molar-refractivity contribution in [3.63, 3.8) is 0 Å². The van der Waals surface area contributed by atoms with Crippen LogP contribution in [0.3, 0.4) is 0 Å². The van der Waals surface area contributed by atoms with Crippen molar-refractivity contribution in [2.24, 2.45) is 5.92 Å². The molecule has 0 spiro atoms. The highest BCUT2D eigenvalue weighted by molar-refractivity contribution is 6.35. The molecule has 1 aliphatic carbocycles. The van der Waals surface area contributed by atoms with E-state index in [1.165, 1.54) is 12.8 Å². The third kappa shape index (κ3) is 5.73. The van der Waals surface area contributed by atoms with Crippen molar-refractivity contribution in [2.75, 3.05) is 19.8 Å². The summed E-state index contributed by atoms with van der Waals surface area (Å²) in [5, 5.41) is 6.72. The molecule has 0 saturated heterocycles. The monoisotopic (exact) mass is 330 g/mol. The smallest absolute Gasteiger partial charge is 0.315 e. The molecule has 1 atom stereocenters. The first-order chi connectivity index (χ1) is 10.1. The first-order valence-corrected chi connectivity index (χ1v) is 7.89. The van der Waals surface area contributed by atoms with Gasteiger partial charge in [0, 0.05) is 23.2 Å². The molecule has 1 saturated carbocycles. The zero-order valence-corrected chi connectivity index (χ0v) is 13.5. The lowest BCUT2D eigenvalue weighted by Crippen LogP contribution is -2.38. The van der Waals surface area contributed by atoms with Gasteiger partial charge in [-0.05, 0) is 43.4 Å². The van der Waals surface area contributed by atoms with Crippen LogP contribution in [0.4, 0.5) is 4.79 Å². The van der Waals surface area contributed by atoms with Crippen molar-refractivity contribution < 1.29 is 9.53 Å². The largest absolute Gasteiger partial charge is 0.379 e. The van der Waals surface area contributed by atoms with Gasteiger partial charge in [0.2, 0.25) is 0 Å². The van der Waals surface area contributed by atoms with Crippen LogP contribution in [0.15, 0.2) is 18.2 Å². The average Bonchev–Trinajstić information content (AvgIpc) is 3.22. The van der Waals surface area contributed by atoms with Gasteiger partial charge in [-0.1, -0.05) is 29.3 Å². The number of ether oxygens (including phenoxy) is 1. The topological polar surface area (TPSA) is 50.4 Å². The van der Waals surface area contributed by atoms with Crippen LogP contribution >= 0.6 is 23.2 Å². The first kappa shape index (κ1) is 16.4. The van der Waals surface area contributed by atoms with E-state index < -0.39 is 0 Å². The van der Waals surface area contributed by atoms with Crippen LogP contribution in [-0.2, 0) is 4.74 Å². The van der Waals surface area contributed by atoms with E-state index in [9.17, 15) is 4.79 Å². The third-order valence-corrected chi connectivity index (χ3v) is 3.92. The summed E-state index contributed by atoms with van der Waals surface area (Å²) in [5.41, 5.74) is 0.834. The molecule has 4 nitrogen and oxygen atoms in total. The van der Waals surface area contributed by atoms with Crippen LogP contribution in [0.1, 0.15) is 31.4 Å². The maximum atomic E-state index is 11.8. The Hall–Kier alpha value is -0.970. The molecule has 2 amide bonds. The molecule has 0 heterocycles. The minimum atomic E-state index is -0.233. The molecule has 116 valence electrons. The molecular weight excluding hydrogens is 311 g/mol. The van der Waals surface area contributed by atoms with Crippen molar-refractivity contribution in [1.82, 2.24) is 10.6 Å². The number of halogens is 2. The molecule has 1 fully saturated rings. The average molecular weight is 331 g/mol. The molecule has 6 heteroatoms. The van der Waals surface area contributed by atoms with Crippen molar-refractivity contribution in [3.05, 3.63) is 33.8 Å². The summed E-state index contributed by atoms with van der Waals surface area (Å²) in [5.74, 6) is 0.742. The van der Waals surface area contributed by atoms with E-state index in [0.717, 1.165) is 18.1 Å². The van der Waals surface area contributed by atoms with Gasteiger partial charge in [0.25, 0.3) is 0 Å². The lowest BCUT2D eigenvalue weighted by atomic mass is 10.1. The Kier molecular flexibility index (Phi) is 6.15. The minimum absolute atomic E-state index is 0.192. The number of hydrogen-bond donors (Lipinski definition) is 2. The quantitative estimate of drug-likeness (QED) is 0.747. The van der Waals surface area contributed by atoms with Crippen molar-refractivity contribution in [2.45, 2.75) is 25.8 Å². The van der Waals surface area contributed by atoms with E-state index >= 15 is 0 Å². The van der Waals surface area contributed by atoms with Crippen LogP contribution < -0.4 is 10.6 Å². The Morgan fingerprint density at radius 3 is 2.86 bits per heavy atom. The van der Waals surface area contributed by atoms with E-state index in [-0.39, 0.29) is 12.1 Å². The highest BCUT2D eigenvalue weighted by Crippen LogP contribution is 2.28. The molecule has 2 rings (SSSR count). The number of carbonyl (C=O) groups excluding carboxylic acids is 1. The Bertz CT molecular complexity index is 493. The fourth-order valence-corrected chi connectivity index (χ4v) is 2.52. The lowest BCUT2D eigenvalue weighted by Gasteiger charge is -2.16. The summed E-state index contributed by atoms with van der Waals surface area (Å²) < 4.78 is 5.45. The van der Waals surface area contributed by atoms with Gasteiger partial charge >= 0.3 is 6.03 Å². The number of hydrogen-bond acceptors (Lipinski definition) is 2. The van der Waals surface area contributed by atoms with Gasteiger partial charge in [-0.3, -0.25) is 0 Å². The Morgan fingerprint density at radius 1 is 1.43 bits per heavy atom. The van der Waals surface area contributed by atoms with Crippen LogP contribution in [0.25, 0.3) is 0 Å². The van der Waals surface area contributed by atoms with E-state index in [0.29, 0.717) is 23.2 Å². The maximum absolute atomic E-state index is 11.8. The van der Waals surface area contributed by atoms with E-state index in [4.69, 9.17) is 27.9 Å². The fourth-order valence-electron chi connectivity index (χ4n) is 1.95. The van der Waals surface area contributed by atoms with Gasteiger partial charge < -0.3 is 15.4 Å². The maximum Gasteiger partial charge on any atom is 0.315 e. The Labute approximate surface area is 135 Å². The van der Waals surface area contributed by atoms with Gasteiger partial charge in [0.1, 0.15) is 0 Å². The summed E-state index contributed by atoms with van der Waals surface area (Å²) >= 11 is 12.0. The molecule has 0 aromatic heterocycles. The SMILES string of the molecule is CC(NC(=O)NCCOCC1CC1)c1ccc(Cl)cc1Cl. The second-order valence-corrected chi connectivity index (χ2v) is 6.15. The van der Waals surface area contributed by atoms with Crippen molar-refractivity contribution in [3.8, 4) is 0 Å². The number of rotatable bonds is 7. The van der Waals surface area contributed by atoms with Crippen LogP contribution in [-0.4, -0.2) is 25.8 Å². The van der Waals surface area contributed by atoms with E-state index in [1.54, 1.807) is 12.1 Å². The van der Waals surface area contributed by atoms with Crippen molar-refractivity contribution >= 4 is 29.2 Å². The van der Waals surface area contributed by atoms with E-state index in [1.807, 2.05) is 13.0 Å². The molecular formula is C15H20Cl2N2O2. The molecule has 0 bridgehead atoms. The van der Waals surface area contributed by atoms with Gasteiger partial charge in [0.15, 0.2) is 0 Å². The lowest BCUT2D eigenvalue weighted by molar-refractivity contribution is 0.127. The van der Waals surface area contributed by atoms with Crippen LogP contribution in [0.2, 0.25) is 10.0 Å². The van der Waals surface area contributed by atoms with Gasteiger partial charge in [-0.15, -0.1) is 0 Å².